The van der Waals surface area contributed by atoms with Crippen LogP contribution in [0, 0.1) is 20.8 Å². The van der Waals surface area contributed by atoms with Gasteiger partial charge in [0.25, 0.3) is 5.91 Å². The highest BCUT2D eigenvalue weighted by Gasteiger charge is 2.25. The first-order valence-corrected chi connectivity index (χ1v) is 8.96. The van der Waals surface area contributed by atoms with Gasteiger partial charge in [0.15, 0.2) is 0 Å². The van der Waals surface area contributed by atoms with Crippen molar-refractivity contribution in [2.75, 3.05) is 31.1 Å². The Morgan fingerprint density at radius 2 is 1.78 bits per heavy atom. The van der Waals surface area contributed by atoms with Crippen molar-refractivity contribution in [3.8, 4) is 5.82 Å². The minimum atomic E-state index is 0.0296. The number of amides is 1. The van der Waals surface area contributed by atoms with Gasteiger partial charge in [-0.25, -0.2) is 15.0 Å². The summed E-state index contributed by atoms with van der Waals surface area (Å²) in [5, 5.41) is 0. The Morgan fingerprint density at radius 3 is 2.41 bits per heavy atom. The van der Waals surface area contributed by atoms with Gasteiger partial charge in [-0.2, -0.15) is 0 Å². The van der Waals surface area contributed by atoms with Crippen LogP contribution in [0.25, 0.3) is 5.82 Å². The molecule has 0 aromatic carbocycles. The minimum Gasteiger partial charge on any atom is -0.466 e. The summed E-state index contributed by atoms with van der Waals surface area (Å²) in [5.74, 6) is 3.84. The van der Waals surface area contributed by atoms with Crippen LogP contribution in [-0.2, 0) is 0 Å². The third-order valence-corrected chi connectivity index (χ3v) is 4.74. The van der Waals surface area contributed by atoms with Gasteiger partial charge in [-0.1, -0.05) is 0 Å². The second-order valence-electron chi connectivity index (χ2n) is 6.71. The van der Waals surface area contributed by atoms with Crippen LogP contribution in [0.5, 0.6) is 0 Å². The van der Waals surface area contributed by atoms with Crippen LogP contribution >= 0.6 is 0 Å². The lowest BCUT2D eigenvalue weighted by molar-refractivity contribution is 0.0744. The first-order valence-electron chi connectivity index (χ1n) is 8.96. The zero-order chi connectivity index (χ0) is 19.0. The zero-order valence-corrected chi connectivity index (χ0v) is 15.7. The van der Waals surface area contributed by atoms with Gasteiger partial charge in [0, 0.05) is 44.6 Å². The third-order valence-electron chi connectivity index (χ3n) is 4.74. The predicted octanol–water partition coefficient (Wildman–Crippen LogP) is 2.14. The number of aryl methyl sites for hydroxylation is 3. The highest BCUT2D eigenvalue weighted by molar-refractivity contribution is 5.95. The van der Waals surface area contributed by atoms with E-state index in [0.717, 1.165) is 30.5 Å². The molecule has 0 N–H and O–H groups in total. The number of rotatable bonds is 3. The predicted molar refractivity (Wildman–Crippen MR) is 100 cm³/mol. The van der Waals surface area contributed by atoms with Crippen molar-refractivity contribution in [3.63, 3.8) is 0 Å². The van der Waals surface area contributed by atoms with E-state index in [1.807, 2.05) is 48.6 Å². The molecule has 0 radical (unpaired) electrons. The van der Waals surface area contributed by atoms with Gasteiger partial charge in [0.2, 0.25) is 0 Å². The van der Waals surface area contributed by atoms with Crippen molar-refractivity contribution in [2.24, 2.45) is 0 Å². The molecule has 8 nitrogen and oxygen atoms in total. The van der Waals surface area contributed by atoms with E-state index < -0.39 is 0 Å². The Hall–Kier alpha value is -3.16. The molecule has 4 rings (SSSR count). The van der Waals surface area contributed by atoms with Crippen molar-refractivity contribution < 1.29 is 9.21 Å². The molecule has 140 valence electrons. The normalized spacial score (nSPS) is 14.6. The molecule has 1 aliphatic heterocycles. The molecule has 1 aliphatic rings. The second kappa shape index (κ2) is 6.86. The summed E-state index contributed by atoms with van der Waals surface area (Å²) in [6.45, 7) is 8.31. The first-order chi connectivity index (χ1) is 13.0. The van der Waals surface area contributed by atoms with E-state index in [0.29, 0.717) is 30.2 Å². The van der Waals surface area contributed by atoms with Crippen molar-refractivity contribution >= 4 is 11.7 Å². The van der Waals surface area contributed by atoms with E-state index in [2.05, 4.69) is 19.9 Å². The number of carbonyl (C=O) groups excluding carboxylic acids is 1. The number of hydrogen-bond acceptors (Lipinski definition) is 6. The Balaban J connectivity index is 1.48. The van der Waals surface area contributed by atoms with Gasteiger partial charge in [-0.3, -0.25) is 9.36 Å². The highest BCUT2D eigenvalue weighted by Crippen LogP contribution is 2.20. The number of imidazole rings is 1. The minimum absolute atomic E-state index is 0.0296. The first kappa shape index (κ1) is 17.3. The molecule has 3 aromatic rings. The van der Waals surface area contributed by atoms with E-state index in [9.17, 15) is 4.79 Å². The van der Waals surface area contributed by atoms with E-state index in [4.69, 9.17) is 4.42 Å². The number of anilines is 1. The molecule has 0 bridgehead atoms. The molecule has 1 fully saturated rings. The lowest BCUT2D eigenvalue weighted by Gasteiger charge is -2.35. The van der Waals surface area contributed by atoms with Crippen LogP contribution in [0.15, 0.2) is 35.3 Å². The Kier molecular flexibility index (Phi) is 4.39. The average Bonchev–Trinajstić information content (AvgIpc) is 3.30. The molecular weight excluding hydrogens is 344 g/mol. The number of furan rings is 1. The van der Waals surface area contributed by atoms with Crippen LogP contribution in [0.1, 0.15) is 27.7 Å². The quantitative estimate of drug-likeness (QED) is 0.707. The maximum atomic E-state index is 12.8. The van der Waals surface area contributed by atoms with E-state index in [1.54, 1.807) is 12.5 Å². The van der Waals surface area contributed by atoms with Crippen molar-refractivity contribution in [1.29, 1.82) is 0 Å². The summed E-state index contributed by atoms with van der Waals surface area (Å²) in [5.41, 5.74) is 0.654. The van der Waals surface area contributed by atoms with E-state index >= 15 is 0 Å². The summed E-state index contributed by atoms with van der Waals surface area (Å²) in [6.07, 6.45) is 5.30. The number of aromatic nitrogens is 4. The molecule has 4 heterocycles. The largest absolute Gasteiger partial charge is 0.466 e. The van der Waals surface area contributed by atoms with Crippen LogP contribution < -0.4 is 4.90 Å². The van der Waals surface area contributed by atoms with Gasteiger partial charge >= 0.3 is 0 Å². The fraction of sp³-hybridized carbons (Fsp3) is 0.368. The van der Waals surface area contributed by atoms with E-state index in [1.165, 1.54) is 0 Å². The van der Waals surface area contributed by atoms with Crippen LogP contribution in [0.3, 0.4) is 0 Å². The molecule has 0 unspecified atom stereocenters. The lowest BCUT2D eigenvalue weighted by atomic mass is 10.2. The van der Waals surface area contributed by atoms with Gasteiger partial charge in [0.05, 0.1) is 5.56 Å². The van der Waals surface area contributed by atoms with Gasteiger partial charge in [-0.15, -0.1) is 0 Å². The number of carbonyl (C=O) groups is 1. The molecule has 0 saturated carbocycles. The summed E-state index contributed by atoms with van der Waals surface area (Å²) in [4.78, 5) is 29.9. The fourth-order valence-corrected chi connectivity index (χ4v) is 3.38. The summed E-state index contributed by atoms with van der Waals surface area (Å²) in [6, 6.07) is 3.77. The van der Waals surface area contributed by atoms with Gasteiger partial charge in [-0.05, 0) is 26.8 Å². The van der Waals surface area contributed by atoms with Crippen LogP contribution in [-0.4, -0.2) is 56.5 Å². The van der Waals surface area contributed by atoms with E-state index in [-0.39, 0.29) is 5.91 Å². The van der Waals surface area contributed by atoms with Crippen LogP contribution in [0.4, 0.5) is 5.82 Å². The number of piperazine rings is 1. The van der Waals surface area contributed by atoms with Crippen LogP contribution in [0.2, 0.25) is 0 Å². The third kappa shape index (κ3) is 3.42. The molecule has 0 spiro atoms. The molecular formula is C19H22N6O2. The number of hydrogen-bond donors (Lipinski definition) is 0. The maximum Gasteiger partial charge on any atom is 0.257 e. The maximum absolute atomic E-state index is 12.8. The lowest BCUT2D eigenvalue weighted by Crippen LogP contribution is -2.49. The number of nitrogens with zero attached hydrogens (tertiary/aromatic N) is 6. The highest BCUT2D eigenvalue weighted by atomic mass is 16.3. The van der Waals surface area contributed by atoms with Crippen molar-refractivity contribution in [1.82, 2.24) is 24.4 Å². The molecule has 27 heavy (non-hydrogen) atoms. The van der Waals surface area contributed by atoms with Gasteiger partial charge < -0.3 is 14.2 Å². The monoisotopic (exact) mass is 366 g/mol. The zero-order valence-electron chi connectivity index (χ0n) is 15.7. The standard InChI is InChI=1S/C19H22N6O2/c1-13-10-16(14(2)27-13)19(26)24-8-6-23(7-9-24)17-11-18(22-15(3)21-17)25-5-4-20-12-25/h4-5,10-12H,6-9H2,1-3H3. The Bertz CT molecular complexity index is 955. The Morgan fingerprint density at radius 1 is 1.04 bits per heavy atom. The van der Waals surface area contributed by atoms with Crippen molar-refractivity contribution in [3.05, 3.63) is 53.8 Å². The molecule has 1 saturated heterocycles. The summed E-state index contributed by atoms with van der Waals surface area (Å²) >= 11 is 0. The van der Waals surface area contributed by atoms with Crippen molar-refractivity contribution in [2.45, 2.75) is 20.8 Å². The molecule has 1 amide bonds. The van der Waals surface area contributed by atoms with Gasteiger partial charge in [0.1, 0.15) is 35.3 Å². The summed E-state index contributed by atoms with van der Waals surface area (Å²) in [7, 11) is 0. The SMILES string of the molecule is Cc1nc(N2CCN(C(=O)c3cc(C)oc3C)CC2)cc(-n2ccnc2)n1. The molecule has 0 atom stereocenters. The molecule has 3 aromatic heterocycles. The second-order valence-corrected chi connectivity index (χ2v) is 6.71. The summed E-state index contributed by atoms with van der Waals surface area (Å²) < 4.78 is 7.36. The smallest absolute Gasteiger partial charge is 0.257 e. The molecule has 0 aliphatic carbocycles. The molecule has 8 heteroatoms. The topological polar surface area (TPSA) is 80.3 Å². The fourth-order valence-electron chi connectivity index (χ4n) is 3.38. The Labute approximate surface area is 157 Å². The average molecular weight is 366 g/mol.